The Labute approximate surface area is 218 Å². The van der Waals surface area contributed by atoms with E-state index in [1.165, 1.54) is 19.1 Å². The van der Waals surface area contributed by atoms with Crippen molar-refractivity contribution in [2.45, 2.75) is 36.0 Å². The molecule has 1 aromatic heterocycles. The Balaban J connectivity index is 1.79. The largest absolute Gasteiger partial charge is 0.493 e. The SMILES string of the molecule is COc1cc2c(cc1OC)CN(C(=O)c1c(Sc3c(Cl)ccc(C)c3Cl)cc(C(F)(F)F)[nH]c1=O)C2. The predicted octanol–water partition coefficient (Wildman–Crippen LogP) is 6.33. The van der Waals surface area contributed by atoms with Crippen LogP contribution in [0.3, 0.4) is 0 Å². The molecule has 2 heterocycles. The van der Waals surface area contributed by atoms with Gasteiger partial charge in [-0.15, -0.1) is 0 Å². The summed E-state index contributed by atoms with van der Waals surface area (Å²) in [7, 11) is 2.96. The molecular formula is C24H19Cl2F3N2O4S. The number of benzene rings is 2. The summed E-state index contributed by atoms with van der Waals surface area (Å²) in [5.41, 5.74) is -0.718. The summed E-state index contributed by atoms with van der Waals surface area (Å²) in [6.45, 7) is 1.97. The summed E-state index contributed by atoms with van der Waals surface area (Å²) >= 11 is 13.4. The maximum absolute atomic E-state index is 13.5. The average Bonchev–Trinajstić information content (AvgIpc) is 3.25. The van der Waals surface area contributed by atoms with Crippen LogP contribution in [0.1, 0.15) is 32.7 Å². The van der Waals surface area contributed by atoms with E-state index in [0.29, 0.717) is 17.1 Å². The fourth-order valence-corrected chi connectivity index (χ4v) is 5.53. The molecule has 1 amide bonds. The van der Waals surface area contributed by atoms with Gasteiger partial charge < -0.3 is 19.4 Å². The lowest BCUT2D eigenvalue weighted by atomic mass is 10.1. The standard InChI is InChI=1S/C24H19Cl2F3N2O4S/c1-11-4-5-14(25)21(20(11)26)36-17-8-18(24(27,28)29)30-22(32)19(17)23(33)31-9-12-6-15(34-2)16(35-3)7-13(12)10-31/h4-8H,9-10H2,1-3H3,(H,30,32). The second-order valence-electron chi connectivity index (χ2n) is 8.00. The average molecular weight is 559 g/mol. The van der Waals surface area contributed by atoms with Crippen LogP contribution in [0.4, 0.5) is 13.2 Å². The maximum atomic E-state index is 13.5. The molecule has 2 aromatic carbocycles. The molecule has 0 saturated carbocycles. The lowest BCUT2D eigenvalue weighted by Crippen LogP contribution is -2.32. The summed E-state index contributed by atoms with van der Waals surface area (Å²) in [4.78, 5) is 29.6. The molecule has 12 heteroatoms. The highest BCUT2D eigenvalue weighted by Gasteiger charge is 2.36. The number of aromatic nitrogens is 1. The van der Waals surface area contributed by atoms with Gasteiger partial charge in [-0.25, -0.2) is 0 Å². The number of ether oxygens (including phenoxy) is 2. The molecule has 6 nitrogen and oxygen atoms in total. The van der Waals surface area contributed by atoms with E-state index >= 15 is 0 Å². The Kier molecular flexibility index (Phi) is 7.23. The first-order valence-corrected chi connectivity index (χ1v) is 12.0. The Hall–Kier alpha value is -2.82. The Morgan fingerprint density at radius 2 is 1.64 bits per heavy atom. The van der Waals surface area contributed by atoms with Gasteiger partial charge in [0, 0.05) is 22.9 Å². The molecule has 1 aliphatic rings. The van der Waals surface area contributed by atoms with Crippen LogP contribution in [-0.2, 0) is 19.3 Å². The van der Waals surface area contributed by atoms with Gasteiger partial charge in [-0.3, -0.25) is 9.59 Å². The van der Waals surface area contributed by atoms with Gasteiger partial charge >= 0.3 is 6.18 Å². The van der Waals surface area contributed by atoms with Gasteiger partial charge in [-0.1, -0.05) is 41.0 Å². The van der Waals surface area contributed by atoms with Crippen molar-refractivity contribution in [1.82, 2.24) is 9.88 Å². The van der Waals surface area contributed by atoms with Gasteiger partial charge in [0.1, 0.15) is 11.3 Å². The van der Waals surface area contributed by atoms with Crippen molar-refractivity contribution in [2.75, 3.05) is 14.2 Å². The number of nitrogens with one attached hydrogen (secondary N) is 1. The van der Waals surface area contributed by atoms with E-state index in [0.717, 1.165) is 29.0 Å². The normalized spacial score (nSPS) is 13.1. The van der Waals surface area contributed by atoms with Crippen LogP contribution < -0.4 is 15.0 Å². The third-order valence-corrected chi connectivity index (χ3v) is 7.88. The molecule has 0 saturated heterocycles. The molecule has 1 N–H and O–H groups in total. The zero-order valence-electron chi connectivity index (χ0n) is 19.2. The third kappa shape index (κ3) is 4.89. The number of hydrogen-bond acceptors (Lipinski definition) is 5. The number of aromatic amines is 1. The summed E-state index contributed by atoms with van der Waals surface area (Å²) in [5.74, 6) is 0.206. The number of pyridine rings is 1. The van der Waals surface area contributed by atoms with Gasteiger partial charge in [-0.05, 0) is 47.9 Å². The van der Waals surface area contributed by atoms with Crippen LogP contribution in [0.25, 0.3) is 0 Å². The number of nitrogens with zero attached hydrogens (tertiary/aromatic N) is 1. The van der Waals surface area contributed by atoms with Crippen LogP contribution >= 0.6 is 35.0 Å². The predicted molar refractivity (Wildman–Crippen MR) is 131 cm³/mol. The topological polar surface area (TPSA) is 71.6 Å². The number of alkyl halides is 3. The lowest BCUT2D eigenvalue weighted by Gasteiger charge is -2.19. The van der Waals surface area contributed by atoms with Crippen LogP contribution in [0.5, 0.6) is 11.5 Å². The van der Waals surface area contributed by atoms with E-state index in [1.54, 1.807) is 36.2 Å². The summed E-state index contributed by atoms with van der Waals surface area (Å²) < 4.78 is 51.2. The molecule has 36 heavy (non-hydrogen) atoms. The fraction of sp³-hybridized carbons (Fsp3) is 0.250. The molecule has 0 bridgehead atoms. The van der Waals surface area contributed by atoms with Crippen molar-refractivity contribution in [3.8, 4) is 11.5 Å². The van der Waals surface area contributed by atoms with Gasteiger partial charge in [0.15, 0.2) is 11.5 Å². The van der Waals surface area contributed by atoms with E-state index in [1.807, 2.05) is 0 Å². The number of aryl methyl sites for hydroxylation is 1. The zero-order chi connectivity index (χ0) is 26.4. The second kappa shape index (κ2) is 9.91. The summed E-state index contributed by atoms with van der Waals surface area (Å²) in [6.07, 6.45) is -4.84. The van der Waals surface area contributed by atoms with Crippen LogP contribution in [-0.4, -0.2) is 30.0 Å². The van der Waals surface area contributed by atoms with Gasteiger partial charge in [0.05, 0.1) is 24.3 Å². The molecular weight excluding hydrogens is 540 g/mol. The lowest BCUT2D eigenvalue weighted by molar-refractivity contribution is -0.141. The van der Waals surface area contributed by atoms with E-state index in [-0.39, 0.29) is 32.9 Å². The van der Waals surface area contributed by atoms with Gasteiger partial charge in [-0.2, -0.15) is 13.2 Å². The number of methoxy groups -OCH3 is 2. The number of carbonyl (C=O) groups is 1. The number of rotatable bonds is 5. The van der Waals surface area contributed by atoms with E-state index < -0.39 is 28.9 Å². The van der Waals surface area contributed by atoms with Gasteiger partial charge in [0.2, 0.25) is 0 Å². The zero-order valence-corrected chi connectivity index (χ0v) is 21.5. The number of fused-ring (bicyclic) bond motifs is 1. The molecule has 0 unspecified atom stereocenters. The van der Waals surface area contributed by atoms with Crippen LogP contribution in [0.15, 0.2) is 44.9 Å². The van der Waals surface area contributed by atoms with Crippen molar-refractivity contribution in [3.63, 3.8) is 0 Å². The summed E-state index contributed by atoms with van der Waals surface area (Å²) in [5, 5.41) is 0.392. The monoisotopic (exact) mass is 558 g/mol. The first-order valence-electron chi connectivity index (χ1n) is 10.4. The number of hydrogen-bond donors (Lipinski definition) is 1. The first-order chi connectivity index (χ1) is 16.9. The number of H-pyrrole nitrogens is 1. The van der Waals surface area contributed by atoms with E-state index in [4.69, 9.17) is 32.7 Å². The molecule has 0 aliphatic carbocycles. The Bertz CT molecular complexity index is 1390. The minimum Gasteiger partial charge on any atom is -0.493 e. The Morgan fingerprint density at radius 3 is 2.17 bits per heavy atom. The highest BCUT2D eigenvalue weighted by molar-refractivity contribution is 7.99. The quantitative estimate of drug-likeness (QED) is 0.396. The molecule has 1 aliphatic heterocycles. The fourth-order valence-electron chi connectivity index (χ4n) is 3.83. The molecule has 3 aromatic rings. The van der Waals surface area contributed by atoms with Crippen molar-refractivity contribution in [3.05, 3.63) is 78.7 Å². The minimum atomic E-state index is -4.84. The molecule has 0 fully saturated rings. The molecule has 0 atom stereocenters. The van der Waals surface area contributed by atoms with Gasteiger partial charge in [0.25, 0.3) is 11.5 Å². The highest BCUT2D eigenvalue weighted by atomic mass is 35.5. The molecule has 190 valence electrons. The van der Waals surface area contributed by atoms with Crippen LogP contribution in [0.2, 0.25) is 10.0 Å². The van der Waals surface area contributed by atoms with Crippen molar-refractivity contribution in [2.24, 2.45) is 0 Å². The summed E-state index contributed by atoms with van der Waals surface area (Å²) in [6, 6.07) is 7.37. The number of halogens is 5. The Morgan fingerprint density at radius 1 is 1.06 bits per heavy atom. The highest BCUT2D eigenvalue weighted by Crippen LogP contribution is 2.43. The number of carbonyl (C=O) groups excluding carboxylic acids is 1. The first kappa shape index (κ1) is 26.2. The van der Waals surface area contributed by atoms with E-state index in [9.17, 15) is 22.8 Å². The number of amides is 1. The molecule has 0 spiro atoms. The van der Waals surface area contributed by atoms with E-state index in [2.05, 4.69) is 0 Å². The molecule has 0 radical (unpaired) electrons. The second-order valence-corrected chi connectivity index (χ2v) is 9.83. The van der Waals surface area contributed by atoms with Crippen molar-refractivity contribution < 1.29 is 27.4 Å². The van der Waals surface area contributed by atoms with Crippen molar-refractivity contribution in [1.29, 1.82) is 0 Å². The smallest absolute Gasteiger partial charge is 0.431 e. The van der Waals surface area contributed by atoms with Crippen molar-refractivity contribution >= 4 is 40.9 Å². The van der Waals surface area contributed by atoms with Crippen LogP contribution in [0, 0.1) is 6.92 Å². The maximum Gasteiger partial charge on any atom is 0.431 e. The molecule has 4 rings (SSSR count). The minimum absolute atomic E-state index is 0.130. The third-order valence-electron chi connectivity index (χ3n) is 5.69.